The molecule has 3 unspecified atom stereocenters. The Morgan fingerprint density at radius 3 is 3.13 bits per heavy atom. The van der Waals surface area contributed by atoms with Crippen LogP contribution in [0.4, 0.5) is 4.79 Å². The van der Waals surface area contributed by atoms with E-state index >= 15 is 0 Å². The summed E-state index contributed by atoms with van der Waals surface area (Å²) in [6.45, 7) is 2.04. The highest BCUT2D eigenvalue weighted by Gasteiger charge is 2.37. The molecule has 0 aromatic rings. The van der Waals surface area contributed by atoms with Gasteiger partial charge in [0.15, 0.2) is 0 Å². The fraction of sp³-hybridized carbons (Fsp3) is 0.800. The second-order valence-electron chi connectivity index (χ2n) is 4.31. The van der Waals surface area contributed by atoms with Crippen LogP contribution >= 0.6 is 0 Å². The Balaban J connectivity index is 2.07. The lowest BCUT2D eigenvalue weighted by Crippen LogP contribution is -2.39. The fourth-order valence-electron chi connectivity index (χ4n) is 2.52. The molecule has 1 aliphatic heterocycles. The number of urea groups is 1. The largest absolute Gasteiger partial charge is 0.374 e. The van der Waals surface area contributed by atoms with Crippen LogP contribution in [0.1, 0.15) is 32.6 Å². The van der Waals surface area contributed by atoms with E-state index in [4.69, 9.17) is 10.5 Å². The number of hydrogen-bond donors (Lipinski definition) is 2. The van der Waals surface area contributed by atoms with E-state index in [0.29, 0.717) is 12.0 Å². The first-order chi connectivity index (χ1) is 7.16. The van der Waals surface area contributed by atoms with Crippen LogP contribution in [0.15, 0.2) is 5.10 Å². The third-order valence-electron chi connectivity index (χ3n) is 3.09. The van der Waals surface area contributed by atoms with Crippen molar-refractivity contribution in [1.29, 1.82) is 0 Å². The molecule has 0 aromatic heterocycles. The van der Waals surface area contributed by atoms with Crippen LogP contribution < -0.4 is 11.2 Å². The molecule has 2 fully saturated rings. The highest BCUT2D eigenvalue weighted by molar-refractivity contribution is 5.89. The van der Waals surface area contributed by atoms with Crippen molar-refractivity contribution in [3.05, 3.63) is 0 Å². The molecular weight excluding hydrogens is 194 g/mol. The van der Waals surface area contributed by atoms with Crippen LogP contribution in [0.3, 0.4) is 0 Å². The van der Waals surface area contributed by atoms with Gasteiger partial charge in [0.1, 0.15) is 0 Å². The molecule has 1 saturated carbocycles. The Morgan fingerprint density at radius 2 is 2.40 bits per heavy atom. The van der Waals surface area contributed by atoms with Crippen LogP contribution in [-0.2, 0) is 4.74 Å². The number of amides is 2. The Bertz CT molecular complexity index is 290. The third kappa shape index (κ3) is 2.28. The monoisotopic (exact) mass is 211 g/mol. The van der Waals surface area contributed by atoms with Gasteiger partial charge in [-0.3, -0.25) is 0 Å². The number of nitrogens with one attached hydrogen (secondary N) is 1. The summed E-state index contributed by atoms with van der Waals surface area (Å²) in [7, 11) is 0. The molecule has 0 aromatic carbocycles. The molecule has 0 spiro atoms. The van der Waals surface area contributed by atoms with Gasteiger partial charge >= 0.3 is 6.03 Å². The van der Waals surface area contributed by atoms with E-state index in [1.54, 1.807) is 0 Å². The van der Waals surface area contributed by atoms with E-state index in [0.717, 1.165) is 25.0 Å². The van der Waals surface area contributed by atoms with Gasteiger partial charge in [0, 0.05) is 18.1 Å². The Hall–Kier alpha value is -1.10. The van der Waals surface area contributed by atoms with Gasteiger partial charge in [-0.25, -0.2) is 10.2 Å². The van der Waals surface area contributed by atoms with E-state index in [2.05, 4.69) is 10.5 Å². The Morgan fingerprint density at radius 1 is 1.60 bits per heavy atom. The summed E-state index contributed by atoms with van der Waals surface area (Å²) in [6.07, 6.45) is 4.67. The summed E-state index contributed by atoms with van der Waals surface area (Å²) in [5, 5.41) is 4.09. The molecule has 84 valence electrons. The van der Waals surface area contributed by atoms with Crippen molar-refractivity contribution in [3.63, 3.8) is 0 Å². The second kappa shape index (κ2) is 4.18. The molecule has 3 atom stereocenters. The lowest BCUT2D eigenvalue weighted by molar-refractivity contribution is -0.0211. The fourth-order valence-corrected chi connectivity index (χ4v) is 2.52. The number of rotatable bonds is 1. The number of hydrazone groups is 1. The maximum atomic E-state index is 10.6. The van der Waals surface area contributed by atoms with Gasteiger partial charge in [-0.05, 0) is 19.8 Å². The predicted molar refractivity (Wildman–Crippen MR) is 56.4 cm³/mol. The molecule has 3 N–H and O–H groups in total. The average molecular weight is 211 g/mol. The van der Waals surface area contributed by atoms with E-state index in [1.807, 2.05) is 6.92 Å². The normalized spacial score (nSPS) is 37.7. The molecule has 2 rings (SSSR count). The molecule has 1 aliphatic carbocycles. The number of nitrogens with two attached hydrogens (primary N) is 1. The molecule has 2 aliphatic rings. The van der Waals surface area contributed by atoms with Gasteiger partial charge in [0.25, 0.3) is 0 Å². The molecule has 15 heavy (non-hydrogen) atoms. The van der Waals surface area contributed by atoms with Crippen LogP contribution in [-0.4, -0.2) is 24.0 Å². The number of carbonyl (C=O) groups excluding carboxylic acids is 1. The zero-order chi connectivity index (χ0) is 10.8. The highest BCUT2D eigenvalue weighted by atomic mass is 16.5. The molecular formula is C10H17N3O2. The minimum atomic E-state index is -0.601. The lowest BCUT2D eigenvalue weighted by Gasteiger charge is -2.31. The van der Waals surface area contributed by atoms with Gasteiger partial charge in [-0.15, -0.1) is 0 Å². The van der Waals surface area contributed by atoms with Gasteiger partial charge in [-0.1, -0.05) is 6.42 Å². The van der Waals surface area contributed by atoms with Crippen LogP contribution in [0, 0.1) is 5.92 Å². The summed E-state index contributed by atoms with van der Waals surface area (Å²) in [5.41, 5.74) is 8.35. The number of hydrogen-bond acceptors (Lipinski definition) is 3. The van der Waals surface area contributed by atoms with E-state index in [9.17, 15) is 4.79 Å². The number of carbonyl (C=O) groups is 1. The van der Waals surface area contributed by atoms with Crippen molar-refractivity contribution in [1.82, 2.24) is 5.43 Å². The lowest BCUT2D eigenvalue weighted by atomic mass is 9.92. The molecule has 1 saturated heterocycles. The SMILES string of the molecule is CC1CC(=NNC(N)=O)C2CCCC2O1. The van der Waals surface area contributed by atoms with Gasteiger partial charge < -0.3 is 10.5 Å². The molecule has 2 amide bonds. The van der Waals surface area contributed by atoms with Crippen molar-refractivity contribution >= 4 is 11.7 Å². The number of fused-ring (bicyclic) bond motifs is 1. The number of nitrogens with zero attached hydrogens (tertiary/aromatic N) is 1. The van der Waals surface area contributed by atoms with E-state index in [-0.39, 0.29) is 6.10 Å². The summed E-state index contributed by atoms with van der Waals surface area (Å²) < 4.78 is 5.82. The van der Waals surface area contributed by atoms with Crippen molar-refractivity contribution in [3.8, 4) is 0 Å². The van der Waals surface area contributed by atoms with Crippen molar-refractivity contribution in [2.45, 2.75) is 44.8 Å². The van der Waals surface area contributed by atoms with Crippen molar-refractivity contribution in [2.75, 3.05) is 0 Å². The molecule has 1 heterocycles. The summed E-state index contributed by atoms with van der Waals surface area (Å²) in [4.78, 5) is 10.6. The van der Waals surface area contributed by atoms with Gasteiger partial charge in [-0.2, -0.15) is 5.10 Å². The molecule has 0 bridgehead atoms. The first-order valence-electron chi connectivity index (χ1n) is 5.44. The molecule has 5 heteroatoms. The van der Waals surface area contributed by atoms with E-state index < -0.39 is 6.03 Å². The topological polar surface area (TPSA) is 76.7 Å². The number of ether oxygens (including phenoxy) is 1. The summed E-state index contributed by atoms with van der Waals surface area (Å²) in [6, 6.07) is -0.601. The second-order valence-corrected chi connectivity index (χ2v) is 4.31. The highest BCUT2D eigenvalue weighted by Crippen LogP contribution is 2.35. The maximum Gasteiger partial charge on any atom is 0.332 e. The average Bonchev–Trinajstić information content (AvgIpc) is 2.61. The first kappa shape index (κ1) is 10.4. The van der Waals surface area contributed by atoms with Crippen molar-refractivity contribution < 1.29 is 9.53 Å². The van der Waals surface area contributed by atoms with Crippen LogP contribution in [0.5, 0.6) is 0 Å². The quantitative estimate of drug-likeness (QED) is 0.634. The Kier molecular flexibility index (Phi) is 2.90. The molecule has 0 radical (unpaired) electrons. The smallest absolute Gasteiger partial charge is 0.332 e. The predicted octanol–water partition coefficient (Wildman–Crippen LogP) is 0.988. The van der Waals surface area contributed by atoms with Gasteiger partial charge in [0.05, 0.1) is 12.2 Å². The molecule has 5 nitrogen and oxygen atoms in total. The first-order valence-corrected chi connectivity index (χ1v) is 5.44. The van der Waals surface area contributed by atoms with Crippen molar-refractivity contribution in [2.24, 2.45) is 16.8 Å². The Labute approximate surface area is 89.0 Å². The third-order valence-corrected chi connectivity index (χ3v) is 3.09. The standard InChI is InChI=1S/C10H17N3O2/c1-6-5-8(12-13-10(11)14)7-3-2-4-9(7)15-6/h6-7,9H,2-5H2,1H3,(H3,11,13,14). The minimum absolute atomic E-state index is 0.192. The number of primary amides is 1. The van der Waals surface area contributed by atoms with E-state index in [1.165, 1.54) is 6.42 Å². The zero-order valence-electron chi connectivity index (χ0n) is 8.90. The van der Waals surface area contributed by atoms with Crippen LogP contribution in [0.2, 0.25) is 0 Å². The summed E-state index contributed by atoms with van der Waals surface area (Å²) in [5.74, 6) is 0.382. The minimum Gasteiger partial charge on any atom is -0.374 e. The summed E-state index contributed by atoms with van der Waals surface area (Å²) >= 11 is 0. The maximum absolute atomic E-state index is 10.6. The zero-order valence-corrected chi connectivity index (χ0v) is 8.90. The van der Waals surface area contributed by atoms with Gasteiger partial charge in [0.2, 0.25) is 0 Å². The van der Waals surface area contributed by atoms with Crippen LogP contribution in [0.25, 0.3) is 0 Å².